The Hall–Kier alpha value is -1.16. The predicted octanol–water partition coefficient (Wildman–Crippen LogP) is 2.02. The van der Waals surface area contributed by atoms with Crippen molar-refractivity contribution in [1.82, 2.24) is 4.90 Å². The number of nitrogens with zero attached hydrogens (tertiary/aromatic N) is 1. The van der Waals surface area contributed by atoms with Crippen molar-refractivity contribution in [2.45, 2.75) is 30.9 Å². The SMILES string of the molecule is CCN(CC)C(=S)SC(C)C(=O)Nc1cccc(S(N)(=O)=O)c1. The Bertz CT molecular complexity index is 673. The first-order valence-electron chi connectivity index (χ1n) is 7.08. The molecule has 0 heterocycles. The molecule has 0 aromatic heterocycles. The number of rotatable bonds is 6. The van der Waals surface area contributed by atoms with Crippen molar-refractivity contribution >= 4 is 49.9 Å². The van der Waals surface area contributed by atoms with E-state index in [-0.39, 0.29) is 10.8 Å². The minimum absolute atomic E-state index is 0.0470. The summed E-state index contributed by atoms with van der Waals surface area (Å²) in [5.41, 5.74) is 0.378. The van der Waals surface area contributed by atoms with Gasteiger partial charge >= 0.3 is 0 Å². The summed E-state index contributed by atoms with van der Waals surface area (Å²) in [5, 5.41) is 7.35. The fourth-order valence-corrected chi connectivity index (χ4v) is 3.88. The number of primary sulfonamides is 1. The summed E-state index contributed by atoms with van der Waals surface area (Å²) in [6, 6.07) is 5.83. The molecule has 1 unspecified atom stereocenters. The Kier molecular flexibility index (Phi) is 7.46. The van der Waals surface area contributed by atoms with E-state index in [9.17, 15) is 13.2 Å². The molecule has 0 radical (unpaired) electrons. The molecular weight excluding hydrogens is 354 g/mol. The molecule has 0 saturated heterocycles. The van der Waals surface area contributed by atoms with E-state index in [2.05, 4.69) is 5.32 Å². The fourth-order valence-electron chi connectivity index (χ4n) is 1.76. The van der Waals surface area contributed by atoms with Crippen LogP contribution in [0.3, 0.4) is 0 Å². The van der Waals surface area contributed by atoms with Crippen molar-refractivity contribution in [3.63, 3.8) is 0 Å². The molecule has 0 fully saturated rings. The minimum atomic E-state index is -3.80. The van der Waals surface area contributed by atoms with E-state index < -0.39 is 15.3 Å². The smallest absolute Gasteiger partial charge is 0.238 e. The molecule has 0 bridgehead atoms. The summed E-state index contributed by atoms with van der Waals surface area (Å²) in [7, 11) is -3.80. The third-order valence-electron chi connectivity index (χ3n) is 3.10. The number of benzene rings is 1. The average Bonchev–Trinajstić information content (AvgIpc) is 2.47. The molecule has 0 spiro atoms. The lowest BCUT2D eigenvalue weighted by Crippen LogP contribution is -2.31. The van der Waals surface area contributed by atoms with E-state index in [1.165, 1.54) is 30.0 Å². The number of nitrogens with one attached hydrogen (secondary N) is 1. The maximum Gasteiger partial charge on any atom is 0.238 e. The van der Waals surface area contributed by atoms with Gasteiger partial charge in [0.25, 0.3) is 0 Å². The van der Waals surface area contributed by atoms with Crippen molar-refractivity contribution in [2.75, 3.05) is 18.4 Å². The van der Waals surface area contributed by atoms with Gasteiger partial charge in [0.1, 0.15) is 4.32 Å². The highest BCUT2D eigenvalue weighted by atomic mass is 32.2. The zero-order chi connectivity index (χ0) is 17.6. The van der Waals surface area contributed by atoms with E-state index in [0.717, 1.165) is 13.1 Å². The maximum absolute atomic E-state index is 12.2. The largest absolute Gasteiger partial charge is 0.358 e. The first-order valence-corrected chi connectivity index (χ1v) is 9.91. The Morgan fingerprint density at radius 2 is 2.00 bits per heavy atom. The average molecular weight is 376 g/mol. The topological polar surface area (TPSA) is 92.5 Å². The summed E-state index contributed by atoms with van der Waals surface area (Å²) < 4.78 is 23.3. The van der Waals surface area contributed by atoms with Crippen molar-refractivity contribution in [3.8, 4) is 0 Å². The van der Waals surface area contributed by atoms with Gasteiger partial charge in [0.05, 0.1) is 10.1 Å². The molecule has 1 rings (SSSR count). The van der Waals surface area contributed by atoms with Crippen LogP contribution in [0.15, 0.2) is 29.2 Å². The molecule has 3 N–H and O–H groups in total. The van der Waals surface area contributed by atoms with E-state index >= 15 is 0 Å². The van der Waals surface area contributed by atoms with Gasteiger partial charge in [-0.15, -0.1) is 0 Å². The summed E-state index contributed by atoms with van der Waals surface area (Å²) in [4.78, 5) is 14.2. The zero-order valence-electron chi connectivity index (χ0n) is 13.3. The van der Waals surface area contributed by atoms with E-state index in [1.54, 1.807) is 13.0 Å². The molecule has 0 aliphatic carbocycles. The van der Waals surface area contributed by atoms with Crippen LogP contribution in [0.25, 0.3) is 0 Å². The van der Waals surface area contributed by atoms with Gasteiger partial charge in [-0.3, -0.25) is 4.79 Å². The first kappa shape index (κ1) is 19.9. The van der Waals surface area contributed by atoms with Crippen LogP contribution in [0, 0.1) is 0 Å². The fraction of sp³-hybridized carbons (Fsp3) is 0.429. The monoisotopic (exact) mass is 375 g/mol. The Morgan fingerprint density at radius 1 is 1.39 bits per heavy atom. The van der Waals surface area contributed by atoms with Crippen molar-refractivity contribution < 1.29 is 13.2 Å². The molecule has 6 nitrogen and oxygen atoms in total. The molecule has 1 amide bonds. The highest BCUT2D eigenvalue weighted by Gasteiger charge is 2.19. The van der Waals surface area contributed by atoms with Crippen LogP contribution < -0.4 is 10.5 Å². The van der Waals surface area contributed by atoms with Crippen molar-refractivity contribution in [3.05, 3.63) is 24.3 Å². The highest BCUT2D eigenvalue weighted by Crippen LogP contribution is 2.19. The number of anilines is 1. The van der Waals surface area contributed by atoms with Crippen LogP contribution in [0.4, 0.5) is 5.69 Å². The normalized spacial score (nSPS) is 12.5. The van der Waals surface area contributed by atoms with E-state index in [1.807, 2.05) is 18.7 Å². The maximum atomic E-state index is 12.2. The number of amides is 1. The third-order valence-corrected chi connectivity index (χ3v) is 5.58. The lowest BCUT2D eigenvalue weighted by atomic mass is 10.3. The molecule has 128 valence electrons. The summed E-state index contributed by atoms with van der Waals surface area (Å²) >= 11 is 6.61. The predicted molar refractivity (Wildman–Crippen MR) is 99.0 cm³/mol. The minimum Gasteiger partial charge on any atom is -0.358 e. The van der Waals surface area contributed by atoms with E-state index in [4.69, 9.17) is 17.4 Å². The lowest BCUT2D eigenvalue weighted by molar-refractivity contribution is -0.115. The van der Waals surface area contributed by atoms with Crippen molar-refractivity contribution in [2.24, 2.45) is 5.14 Å². The van der Waals surface area contributed by atoms with Gasteiger partial charge in [-0.05, 0) is 39.0 Å². The molecule has 0 aliphatic rings. The number of nitrogens with two attached hydrogens (primary N) is 1. The lowest BCUT2D eigenvalue weighted by Gasteiger charge is -2.22. The number of carbonyl (C=O) groups excluding carboxylic acids is 1. The number of carbonyl (C=O) groups is 1. The number of hydrogen-bond donors (Lipinski definition) is 2. The van der Waals surface area contributed by atoms with Crippen LogP contribution in [0.2, 0.25) is 0 Å². The summed E-state index contributed by atoms with van der Waals surface area (Å²) in [5.74, 6) is -0.254. The zero-order valence-corrected chi connectivity index (χ0v) is 15.7. The second-order valence-corrected chi connectivity index (χ2v) is 8.30. The Morgan fingerprint density at radius 3 is 2.52 bits per heavy atom. The highest BCUT2D eigenvalue weighted by molar-refractivity contribution is 8.23. The quantitative estimate of drug-likeness (QED) is 0.739. The van der Waals surface area contributed by atoms with Crippen LogP contribution in [0.5, 0.6) is 0 Å². The van der Waals surface area contributed by atoms with Gasteiger partial charge in [-0.1, -0.05) is 30.0 Å². The standard InChI is InChI=1S/C14H21N3O3S3/c1-4-17(5-2)14(21)22-10(3)13(18)16-11-7-6-8-12(9-11)23(15,19)20/h6-10H,4-5H2,1-3H3,(H,16,18)(H2,15,19,20). The molecular formula is C14H21N3O3S3. The van der Waals surface area contributed by atoms with Crippen molar-refractivity contribution in [1.29, 1.82) is 0 Å². The first-order chi connectivity index (χ1) is 10.7. The van der Waals surface area contributed by atoms with Gasteiger partial charge in [0.15, 0.2) is 0 Å². The van der Waals surface area contributed by atoms with Gasteiger partial charge in [0.2, 0.25) is 15.9 Å². The van der Waals surface area contributed by atoms with Crippen LogP contribution in [-0.2, 0) is 14.8 Å². The molecule has 1 aromatic carbocycles. The molecule has 23 heavy (non-hydrogen) atoms. The van der Waals surface area contributed by atoms with Crippen LogP contribution in [-0.4, -0.2) is 41.9 Å². The Labute approximate surface area is 146 Å². The summed E-state index contributed by atoms with van der Waals surface area (Å²) in [6.45, 7) is 7.32. The number of sulfonamides is 1. The third kappa shape index (κ3) is 6.09. The Balaban J connectivity index is 2.74. The number of thioether (sulfide) groups is 1. The molecule has 1 atom stereocenters. The number of hydrogen-bond acceptors (Lipinski definition) is 5. The van der Waals surface area contributed by atoms with Gasteiger partial charge < -0.3 is 10.2 Å². The molecule has 1 aromatic rings. The molecule has 9 heteroatoms. The molecule has 0 aliphatic heterocycles. The summed E-state index contributed by atoms with van der Waals surface area (Å²) in [6.07, 6.45) is 0. The molecule has 0 saturated carbocycles. The van der Waals surface area contributed by atoms with Gasteiger partial charge in [0, 0.05) is 18.8 Å². The van der Waals surface area contributed by atoms with Crippen LogP contribution in [0.1, 0.15) is 20.8 Å². The van der Waals surface area contributed by atoms with Crippen LogP contribution >= 0.6 is 24.0 Å². The van der Waals surface area contributed by atoms with E-state index in [0.29, 0.717) is 10.0 Å². The second kappa shape index (κ2) is 8.62. The van der Waals surface area contributed by atoms with Gasteiger partial charge in [-0.25, -0.2) is 13.6 Å². The second-order valence-electron chi connectivity index (χ2n) is 4.76. The number of thiocarbonyl (C=S) groups is 1. The van der Waals surface area contributed by atoms with Gasteiger partial charge in [-0.2, -0.15) is 0 Å².